The first-order valence-corrected chi connectivity index (χ1v) is 10.4. The summed E-state index contributed by atoms with van der Waals surface area (Å²) in [6.07, 6.45) is -1.68. The molecular formula is C18H24F3N5O4S. The zero-order valence-electron chi connectivity index (χ0n) is 17.4. The van der Waals surface area contributed by atoms with Gasteiger partial charge in [-0.05, 0) is 39.3 Å². The molecule has 0 amide bonds. The Hall–Kier alpha value is -2.38. The minimum Gasteiger partial charge on any atom is -0.598 e. The molecule has 0 saturated carbocycles. The standard InChI is InChI=1S/C18H24F3N5O4S/c1-5-14(16(27)28)26-9-13(23-25-26)15(24-31(29)17(2,3)4)12-7-6-11(8-22-12)30-10-18(19,20)21/h6-9,14-15,24H,5,10H2,1-4H3,(H,27,28)/t14?,15-,31?/m1/s1. The van der Waals surface area contributed by atoms with E-state index in [2.05, 4.69) is 24.8 Å². The molecule has 0 bridgehead atoms. The van der Waals surface area contributed by atoms with Gasteiger partial charge in [-0.1, -0.05) is 12.1 Å². The number of carboxylic acids is 1. The highest BCUT2D eigenvalue weighted by molar-refractivity contribution is 7.90. The average Bonchev–Trinajstić information content (AvgIpc) is 3.13. The smallest absolute Gasteiger partial charge is 0.422 e. The van der Waals surface area contributed by atoms with Crippen molar-refractivity contribution in [2.45, 2.75) is 57.1 Å². The van der Waals surface area contributed by atoms with Crippen LogP contribution in [0.25, 0.3) is 0 Å². The van der Waals surface area contributed by atoms with Gasteiger partial charge in [0.25, 0.3) is 0 Å². The van der Waals surface area contributed by atoms with E-state index in [1.807, 2.05) is 0 Å². The van der Waals surface area contributed by atoms with Gasteiger partial charge >= 0.3 is 12.1 Å². The van der Waals surface area contributed by atoms with Gasteiger partial charge in [-0.2, -0.15) is 13.2 Å². The normalized spacial score (nSPS) is 15.4. The lowest BCUT2D eigenvalue weighted by atomic mass is 10.1. The molecule has 2 heterocycles. The Balaban J connectivity index is 2.33. The lowest BCUT2D eigenvalue weighted by Gasteiger charge is -2.27. The van der Waals surface area contributed by atoms with Crippen molar-refractivity contribution in [3.05, 3.63) is 35.9 Å². The van der Waals surface area contributed by atoms with E-state index in [9.17, 15) is 27.6 Å². The third kappa shape index (κ3) is 7.08. The molecule has 0 fully saturated rings. The van der Waals surface area contributed by atoms with Gasteiger partial charge in [0.15, 0.2) is 12.6 Å². The van der Waals surface area contributed by atoms with Crippen LogP contribution in [0, 0.1) is 0 Å². The summed E-state index contributed by atoms with van der Waals surface area (Å²) in [5, 5.41) is 17.2. The van der Waals surface area contributed by atoms with E-state index in [0.717, 1.165) is 6.20 Å². The number of hydrogen-bond acceptors (Lipinski definition) is 7. The van der Waals surface area contributed by atoms with Gasteiger partial charge in [0.1, 0.15) is 22.2 Å². The van der Waals surface area contributed by atoms with Crippen LogP contribution in [0.2, 0.25) is 0 Å². The molecule has 0 aliphatic heterocycles. The molecule has 2 unspecified atom stereocenters. The first-order valence-electron chi connectivity index (χ1n) is 9.30. The van der Waals surface area contributed by atoms with Crippen molar-refractivity contribution < 1.29 is 32.4 Å². The third-order valence-corrected chi connectivity index (χ3v) is 5.62. The maximum atomic E-state index is 12.7. The molecule has 0 spiro atoms. The first kappa shape index (κ1) is 24.9. The predicted molar refractivity (Wildman–Crippen MR) is 106 cm³/mol. The maximum absolute atomic E-state index is 12.7. The van der Waals surface area contributed by atoms with E-state index in [0.29, 0.717) is 5.69 Å². The summed E-state index contributed by atoms with van der Waals surface area (Å²) in [6.45, 7) is 5.49. The number of halogens is 3. The van der Waals surface area contributed by atoms with Crippen molar-refractivity contribution in [1.29, 1.82) is 0 Å². The number of nitrogens with one attached hydrogen (secondary N) is 1. The van der Waals surface area contributed by atoms with Crippen molar-refractivity contribution >= 4 is 17.3 Å². The molecule has 3 atom stereocenters. The van der Waals surface area contributed by atoms with Crippen LogP contribution < -0.4 is 9.46 Å². The number of rotatable bonds is 9. The highest BCUT2D eigenvalue weighted by atomic mass is 32.2. The molecule has 172 valence electrons. The summed E-state index contributed by atoms with van der Waals surface area (Å²) < 4.78 is 57.8. The number of aliphatic carboxylic acids is 1. The minimum atomic E-state index is -4.48. The summed E-state index contributed by atoms with van der Waals surface area (Å²) in [6, 6.07) is 0.939. The lowest BCUT2D eigenvalue weighted by Crippen LogP contribution is -2.42. The van der Waals surface area contributed by atoms with Crippen LogP contribution in [-0.2, 0) is 16.2 Å². The summed E-state index contributed by atoms with van der Waals surface area (Å²) in [5.41, 5.74) is 0.557. The zero-order valence-corrected chi connectivity index (χ0v) is 18.2. The second kappa shape index (κ2) is 9.83. The number of carboxylic acid groups (broad SMARTS) is 1. The molecule has 0 aliphatic carbocycles. The van der Waals surface area contributed by atoms with Crippen LogP contribution in [0.1, 0.15) is 57.6 Å². The number of aromatic nitrogens is 4. The Bertz CT molecular complexity index is 870. The number of hydrogen-bond donors (Lipinski definition) is 2. The topological polar surface area (TPSA) is 125 Å². The van der Waals surface area contributed by atoms with E-state index >= 15 is 0 Å². The lowest BCUT2D eigenvalue weighted by molar-refractivity contribution is -0.153. The van der Waals surface area contributed by atoms with Gasteiger partial charge in [0, 0.05) is 11.4 Å². The van der Waals surface area contributed by atoms with Gasteiger partial charge in [0.05, 0.1) is 18.1 Å². The Labute approximate surface area is 180 Å². The van der Waals surface area contributed by atoms with E-state index in [4.69, 9.17) is 0 Å². The van der Waals surface area contributed by atoms with Crippen molar-refractivity contribution in [2.24, 2.45) is 0 Å². The van der Waals surface area contributed by atoms with E-state index in [-0.39, 0.29) is 17.9 Å². The zero-order chi connectivity index (χ0) is 23.4. The van der Waals surface area contributed by atoms with Crippen LogP contribution in [0.4, 0.5) is 13.2 Å². The Morgan fingerprint density at radius 1 is 1.32 bits per heavy atom. The highest BCUT2D eigenvalue weighted by Gasteiger charge is 2.33. The summed E-state index contributed by atoms with van der Waals surface area (Å²) in [5.74, 6) is -1.16. The molecule has 0 radical (unpaired) electrons. The van der Waals surface area contributed by atoms with Crippen molar-refractivity contribution in [3.8, 4) is 5.75 Å². The quantitative estimate of drug-likeness (QED) is 0.544. The monoisotopic (exact) mass is 463 g/mol. The molecule has 0 aliphatic rings. The second-order valence-corrected chi connectivity index (χ2v) is 9.64. The Morgan fingerprint density at radius 3 is 2.48 bits per heavy atom. The number of alkyl halides is 3. The largest absolute Gasteiger partial charge is 0.598 e. The van der Waals surface area contributed by atoms with Crippen LogP contribution in [0.5, 0.6) is 5.75 Å². The van der Waals surface area contributed by atoms with Gasteiger partial charge in [-0.3, -0.25) is 4.98 Å². The third-order valence-electron chi connectivity index (χ3n) is 4.05. The molecule has 9 nitrogen and oxygen atoms in total. The average molecular weight is 463 g/mol. The first-order chi connectivity index (χ1) is 14.3. The van der Waals surface area contributed by atoms with Crippen molar-refractivity contribution in [2.75, 3.05) is 6.61 Å². The molecule has 0 aromatic carbocycles. The van der Waals surface area contributed by atoms with Crippen LogP contribution >= 0.6 is 0 Å². The van der Waals surface area contributed by atoms with Crippen LogP contribution in [0.3, 0.4) is 0 Å². The molecular weight excluding hydrogens is 439 g/mol. The fourth-order valence-electron chi connectivity index (χ4n) is 2.42. The van der Waals surface area contributed by atoms with Crippen LogP contribution in [0.15, 0.2) is 24.5 Å². The number of nitrogens with zero attached hydrogens (tertiary/aromatic N) is 4. The van der Waals surface area contributed by atoms with E-state index in [1.165, 1.54) is 23.0 Å². The molecule has 13 heteroatoms. The van der Waals surface area contributed by atoms with E-state index in [1.54, 1.807) is 27.7 Å². The Kier molecular flexibility index (Phi) is 7.89. The van der Waals surface area contributed by atoms with Gasteiger partial charge in [-0.25, -0.2) is 9.48 Å². The molecule has 2 N–H and O–H groups in total. The number of pyridine rings is 1. The van der Waals surface area contributed by atoms with Gasteiger partial charge in [0.2, 0.25) is 0 Å². The SMILES string of the molecule is CCC(C(=O)O)n1cc([C@H](N[S+]([O-])C(C)(C)C)c2ccc(OCC(F)(F)F)cn2)nn1. The highest BCUT2D eigenvalue weighted by Crippen LogP contribution is 2.26. The van der Waals surface area contributed by atoms with Crippen LogP contribution in [-0.4, -0.2) is 53.1 Å². The molecule has 31 heavy (non-hydrogen) atoms. The molecule has 2 aromatic rings. The number of carbonyl (C=O) groups is 1. The summed E-state index contributed by atoms with van der Waals surface area (Å²) in [7, 11) is 0. The molecule has 0 saturated heterocycles. The van der Waals surface area contributed by atoms with Gasteiger partial charge in [-0.15, -0.1) is 9.82 Å². The van der Waals surface area contributed by atoms with Crippen molar-refractivity contribution in [3.63, 3.8) is 0 Å². The fourth-order valence-corrected chi connectivity index (χ4v) is 3.23. The second-order valence-electron chi connectivity index (χ2n) is 7.64. The summed E-state index contributed by atoms with van der Waals surface area (Å²) in [4.78, 5) is 15.5. The number of ether oxygens (including phenoxy) is 1. The predicted octanol–water partition coefficient (Wildman–Crippen LogP) is 2.79. The molecule has 2 rings (SSSR count). The van der Waals surface area contributed by atoms with E-state index < -0.39 is 46.9 Å². The Morgan fingerprint density at radius 2 is 2.00 bits per heavy atom. The maximum Gasteiger partial charge on any atom is 0.422 e. The molecule has 2 aromatic heterocycles. The van der Waals surface area contributed by atoms with Crippen molar-refractivity contribution in [1.82, 2.24) is 24.7 Å². The summed E-state index contributed by atoms with van der Waals surface area (Å²) >= 11 is -1.56. The van der Waals surface area contributed by atoms with Gasteiger partial charge < -0.3 is 14.4 Å². The fraction of sp³-hybridized carbons (Fsp3) is 0.556. The minimum absolute atomic E-state index is 0.0858.